The van der Waals surface area contributed by atoms with Gasteiger partial charge in [0.25, 0.3) is 0 Å². The summed E-state index contributed by atoms with van der Waals surface area (Å²) in [5.74, 6) is 4.33. The smallest absolute Gasteiger partial charge is 0.122 e. The van der Waals surface area contributed by atoms with Gasteiger partial charge >= 0.3 is 0 Å². The second kappa shape index (κ2) is 23.6. The lowest BCUT2D eigenvalue weighted by molar-refractivity contribution is 0.407. The molecule has 0 bridgehead atoms. The van der Waals surface area contributed by atoms with Gasteiger partial charge in [-0.25, -0.2) is 0 Å². The molecule has 47 heavy (non-hydrogen) atoms. The molecule has 4 rings (SSSR count). The van der Waals surface area contributed by atoms with E-state index >= 15 is 0 Å². The molecule has 0 saturated heterocycles. The van der Waals surface area contributed by atoms with Crippen LogP contribution in [0, 0.1) is 13.8 Å². The molecule has 3 nitrogen and oxygen atoms in total. The summed E-state index contributed by atoms with van der Waals surface area (Å²) in [5, 5.41) is 0. The van der Waals surface area contributed by atoms with Crippen LogP contribution in [0.2, 0.25) is 0 Å². The predicted molar refractivity (Wildman–Crippen MR) is 212 cm³/mol. The third kappa shape index (κ3) is 16.6. The number of aryl methyl sites for hydroxylation is 2. The molecule has 0 fully saturated rings. The second-order valence-corrected chi connectivity index (χ2v) is 13.0. The monoisotopic (exact) mass is 644 g/mol. The molecule has 0 aliphatic rings. The quantitative estimate of drug-likeness (QED) is 0.200. The first-order valence-corrected chi connectivity index (χ1v) is 16.3. The van der Waals surface area contributed by atoms with Crippen LogP contribution < -0.4 is 14.4 Å². The lowest BCUT2D eigenvalue weighted by Gasteiger charge is -2.13. The highest BCUT2D eigenvalue weighted by molar-refractivity contribution is 5.46. The maximum absolute atomic E-state index is 5.29. The van der Waals surface area contributed by atoms with Crippen LogP contribution in [0.15, 0.2) is 91.0 Å². The minimum Gasteiger partial charge on any atom is -0.496 e. The molecule has 0 heterocycles. The standard InChI is InChI=1S/C11H17N.C11H16O.C10H14O.C10H14.2CH4/c1-9(2)10-5-7-11(8-6-10)12(3)4;1-8(2)10-6-5-9(3)7-11(10)12-4;1-8(2)9-6-4-5-7-10(9)11-3;1-8(2)10-6-4-9(3)5-7-10;;/h5-9H,1-4H3;5-8H,1-4H3;4-8H,1-3H3;4-8H,1-3H3;2*1H4. The minimum absolute atomic E-state index is 0. The highest BCUT2D eigenvalue weighted by atomic mass is 16.5. The van der Waals surface area contributed by atoms with Gasteiger partial charge in [0.1, 0.15) is 11.5 Å². The molecule has 0 aliphatic heterocycles. The van der Waals surface area contributed by atoms with Crippen LogP contribution in [-0.2, 0) is 0 Å². The molecule has 0 amide bonds. The van der Waals surface area contributed by atoms with E-state index in [1.165, 1.54) is 39.1 Å². The minimum atomic E-state index is 0. The summed E-state index contributed by atoms with van der Waals surface area (Å²) < 4.78 is 10.5. The van der Waals surface area contributed by atoms with Gasteiger partial charge in [0.2, 0.25) is 0 Å². The summed E-state index contributed by atoms with van der Waals surface area (Å²) in [5.41, 5.74) is 9.23. The summed E-state index contributed by atoms with van der Waals surface area (Å²) in [6.07, 6.45) is 0. The number of hydrogen-bond donors (Lipinski definition) is 0. The van der Waals surface area contributed by atoms with Crippen molar-refractivity contribution in [3.8, 4) is 11.5 Å². The average Bonchev–Trinajstić information content (AvgIpc) is 3.01. The van der Waals surface area contributed by atoms with Crippen LogP contribution >= 0.6 is 0 Å². The fraction of sp³-hybridized carbons (Fsp3) is 0.455. The van der Waals surface area contributed by atoms with Gasteiger partial charge < -0.3 is 14.4 Å². The largest absolute Gasteiger partial charge is 0.496 e. The van der Waals surface area contributed by atoms with Crippen LogP contribution in [-0.4, -0.2) is 28.3 Å². The maximum Gasteiger partial charge on any atom is 0.122 e. The summed E-state index contributed by atoms with van der Waals surface area (Å²) in [6.45, 7) is 21.7. The van der Waals surface area contributed by atoms with E-state index in [2.05, 4.69) is 161 Å². The molecule has 4 aromatic carbocycles. The number of methoxy groups -OCH3 is 2. The first-order chi connectivity index (χ1) is 21.2. The maximum atomic E-state index is 5.29. The van der Waals surface area contributed by atoms with Crippen LogP contribution in [0.3, 0.4) is 0 Å². The van der Waals surface area contributed by atoms with E-state index in [1.54, 1.807) is 14.2 Å². The molecule has 0 unspecified atom stereocenters. The molecule has 0 atom stereocenters. The molecular formula is C44H69NO2. The predicted octanol–water partition coefficient (Wildman–Crippen LogP) is 13.2. The summed E-state index contributed by atoms with van der Waals surface area (Å²) in [7, 11) is 7.55. The highest BCUT2D eigenvalue weighted by Crippen LogP contribution is 2.27. The van der Waals surface area contributed by atoms with Crippen LogP contribution in [0.1, 0.15) is 127 Å². The third-order valence-electron chi connectivity index (χ3n) is 7.59. The number of anilines is 1. The van der Waals surface area contributed by atoms with Gasteiger partial charge in [-0.1, -0.05) is 143 Å². The van der Waals surface area contributed by atoms with Crippen LogP contribution in [0.25, 0.3) is 0 Å². The van der Waals surface area contributed by atoms with Crippen molar-refractivity contribution < 1.29 is 9.47 Å². The van der Waals surface area contributed by atoms with Gasteiger partial charge in [-0.3, -0.25) is 0 Å². The highest BCUT2D eigenvalue weighted by Gasteiger charge is 2.06. The molecule has 0 aliphatic carbocycles. The van der Waals surface area contributed by atoms with Gasteiger partial charge in [0.15, 0.2) is 0 Å². The van der Waals surface area contributed by atoms with Crippen molar-refractivity contribution in [3.05, 3.63) is 124 Å². The molecular weight excluding hydrogens is 574 g/mol. The van der Waals surface area contributed by atoms with Gasteiger partial charge in [-0.2, -0.15) is 0 Å². The molecule has 262 valence electrons. The average molecular weight is 644 g/mol. The second-order valence-electron chi connectivity index (χ2n) is 13.0. The lowest BCUT2D eigenvalue weighted by Crippen LogP contribution is -2.08. The van der Waals surface area contributed by atoms with Crippen molar-refractivity contribution in [3.63, 3.8) is 0 Å². The Morgan fingerprint density at radius 3 is 1.26 bits per heavy atom. The first kappa shape index (κ1) is 45.4. The fourth-order valence-corrected chi connectivity index (χ4v) is 4.55. The van der Waals surface area contributed by atoms with Gasteiger partial charge in [0.05, 0.1) is 14.2 Å². The van der Waals surface area contributed by atoms with Crippen molar-refractivity contribution in [2.75, 3.05) is 33.2 Å². The summed E-state index contributed by atoms with van der Waals surface area (Å²) in [4.78, 5) is 2.12. The summed E-state index contributed by atoms with van der Waals surface area (Å²) >= 11 is 0. The fourth-order valence-electron chi connectivity index (χ4n) is 4.55. The Morgan fingerprint density at radius 1 is 0.468 bits per heavy atom. The molecule has 3 heteroatoms. The Kier molecular flexibility index (Phi) is 22.8. The Hall–Kier alpha value is -3.72. The van der Waals surface area contributed by atoms with Crippen LogP contribution in [0.4, 0.5) is 5.69 Å². The van der Waals surface area contributed by atoms with Crippen molar-refractivity contribution in [2.45, 2.75) is 108 Å². The van der Waals surface area contributed by atoms with Crippen molar-refractivity contribution in [2.24, 2.45) is 0 Å². The van der Waals surface area contributed by atoms with Gasteiger partial charge in [-0.05, 0) is 89.6 Å². The molecule has 0 radical (unpaired) electrons. The van der Waals surface area contributed by atoms with E-state index in [-0.39, 0.29) is 14.9 Å². The lowest BCUT2D eigenvalue weighted by atomic mass is 10.0. The number of ether oxygens (including phenoxy) is 2. The van der Waals surface area contributed by atoms with E-state index in [4.69, 9.17) is 9.47 Å². The first-order valence-electron chi connectivity index (χ1n) is 16.3. The Morgan fingerprint density at radius 2 is 0.872 bits per heavy atom. The van der Waals surface area contributed by atoms with Crippen LogP contribution in [0.5, 0.6) is 11.5 Å². The van der Waals surface area contributed by atoms with Gasteiger partial charge in [0, 0.05) is 19.8 Å². The van der Waals surface area contributed by atoms with E-state index in [0.29, 0.717) is 23.7 Å². The van der Waals surface area contributed by atoms with Crippen molar-refractivity contribution in [1.82, 2.24) is 0 Å². The van der Waals surface area contributed by atoms with Crippen molar-refractivity contribution >= 4 is 5.69 Å². The summed E-state index contributed by atoms with van der Waals surface area (Å²) in [6, 6.07) is 31.9. The zero-order valence-electron chi connectivity index (χ0n) is 30.7. The number of hydrogen-bond acceptors (Lipinski definition) is 3. The van der Waals surface area contributed by atoms with Crippen molar-refractivity contribution in [1.29, 1.82) is 0 Å². The van der Waals surface area contributed by atoms with E-state index < -0.39 is 0 Å². The van der Waals surface area contributed by atoms with Gasteiger partial charge in [-0.15, -0.1) is 0 Å². The normalized spacial score (nSPS) is 9.91. The molecule has 4 aromatic rings. The zero-order valence-corrected chi connectivity index (χ0v) is 30.7. The number of rotatable bonds is 7. The Balaban J connectivity index is 0. The van der Waals surface area contributed by atoms with E-state index in [0.717, 1.165) is 11.5 Å². The SMILES string of the molecule is C.C.CC(C)c1ccc(N(C)C)cc1.COc1cc(C)ccc1C(C)C.COc1ccccc1C(C)C.Cc1ccc(C(C)C)cc1. The number of nitrogens with zero attached hydrogens (tertiary/aromatic N) is 1. The third-order valence-corrected chi connectivity index (χ3v) is 7.59. The molecule has 0 saturated carbocycles. The number of para-hydroxylation sites is 1. The van der Waals surface area contributed by atoms with E-state index in [1.807, 2.05) is 18.2 Å². The molecule has 0 aromatic heterocycles. The molecule has 0 spiro atoms. The molecule has 0 N–H and O–H groups in total. The number of benzene rings is 4. The Bertz CT molecular complexity index is 1320. The zero-order chi connectivity index (χ0) is 34.1. The van der Waals surface area contributed by atoms with E-state index in [9.17, 15) is 0 Å². The topological polar surface area (TPSA) is 21.7 Å². The Labute approximate surface area is 291 Å².